The first-order chi connectivity index (χ1) is 21.7. The highest BCUT2D eigenvalue weighted by atomic mass is 16.6. The molecule has 3 aliphatic rings. The van der Waals surface area contributed by atoms with E-state index in [9.17, 15) is 24.3 Å². The fraction of sp³-hybridized carbons (Fsp3) is 0.556. The lowest BCUT2D eigenvalue weighted by molar-refractivity contribution is -0.313. The maximum Gasteiger partial charge on any atom is 0.338 e. The van der Waals surface area contributed by atoms with Crippen LogP contribution >= 0.6 is 0 Å². The van der Waals surface area contributed by atoms with Gasteiger partial charge in [-0.05, 0) is 63.8 Å². The molecule has 1 aliphatic heterocycles. The maximum absolute atomic E-state index is 13.8. The SMILES string of the molecule is CC[C@@H](C)C(=O)O[C@H]1C[C@@H](C)[C@]23OC(C)(C)[C@H]([C@@H](OC(=O)c4ccccc4)[C@H](OC(=O)c4ccccc4)[C@]2(C)[C@H]1OC(C)=O)[C@H]3O. The van der Waals surface area contributed by atoms with Crippen LogP contribution in [0.15, 0.2) is 60.7 Å². The van der Waals surface area contributed by atoms with Crippen LogP contribution in [0.3, 0.4) is 0 Å². The van der Waals surface area contributed by atoms with Gasteiger partial charge in [-0.3, -0.25) is 9.59 Å². The number of aliphatic hydroxyl groups is 1. The summed E-state index contributed by atoms with van der Waals surface area (Å²) in [6.07, 6.45) is -5.29. The van der Waals surface area contributed by atoms with Gasteiger partial charge < -0.3 is 28.8 Å². The molecule has 1 spiro atoms. The number of aliphatic hydroxyl groups excluding tert-OH is 1. The fourth-order valence-corrected chi connectivity index (χ4v) is 8.07. The van der Waals surface area contributed by atoms with E-state index >= 15 is 0 Å². The van der Waals surface area contributed by atoms with E-state index in [0.29, 0.717) is 6.42 Å². The van der Waals surface area contributed by atoms with Gasteiger partial charge in [-0.15, -0.1) is 0 Å². The van der Waals surface area contributed by atoms with Gasteiger partial charge in [0.05, 0.1) is 40.1 Å². The fourth-order valence-electron chi connectivity index (χ4n) is 8.07. The Morgan fingerprint density at radius 2 is 1.41 bits per heavy atom. The number of rotatable bonds is 8. The van der Waals surface area contributed by atoms with E-state index in [0.717, 1.165) is 0 Å². The van der Waals surface area contributed by atoms with Crippen molar-refractivity contribution in [2.24, 2.45) is 23.2 Å². The van der Waals surface area contributed by atoms with Crippen LogP contribution in [0.5, 0.6) is 0 Å². The maximum atomic E-state index is 13.8. The number of esters is 4. The van der Waals surface area contributed by atoms with E-state index in [4.69, 9.17) is 23.7 Å². The van der Waals surface area contributed by atoms with E-state index in [1.807, 2.05) is 13.8 Å². The number of carbonyl (C=O) groups excluding carboxylic acids is 4. The summed E-state index contributed by atoms with van der Waals surface area (Å²) in [4.78, 5) is 53.5. The van der Waals surface area contributed by atoms with Gasteiger partial charge in [-0.25, -0.2) is 9.59 Å². The largest absolute Gasteiger partial charge is 0.458 e. The monoisotopic (exact) mass is 636 g/mol. The molecule has 0 unspecified atom stereocenters. The van der Waals surface area contributed by atoms with E-state index < -0.39 is 88.8 Å². The highest BCUT2D eigenvalue weighted by molar-refractivity contribution is 5.90. The summed E-state index contributed by atoms with van der Waals surface area (Å²) < 4.78 is 31.6. The average Bonchev–Trinajstić information content (AvgIpc) is 3.21. The van der Waals surface area contributed by atoms with Gasteiger partial charge in [0.2, 0.25) is 0 Å². The van der Waals surface area contributed by atoms with Crippen molar-refractivity contribution in [3.05, 3.63) is 71.8 Å². The van der Waals surface area contributed by atoms with Crippen LogP contribution in [0.1, 0.15) is 82.0 Å². The van der Waals surface area contributed by atoms with Crippen molar-refractivity contribution in [3.8, 4) is 0 Å². The Hall–Kier alpha value is -3.76. The third-order valence-electron chi connectivity index (χ3n) is 10.4. The molecule has 1 N–H and O–H groups in total. The van der Waals surface area contributed by atoms with Crippen LogP contribution in [-0.2, 0) is 33.3 Å². The highest BCUT2D eigenvalue weighted by Crippen LogP contribution is 2.67. The lowest BCUT2D eigenvalue weighted by Gasteiger charge is -2.63. The molecule has 2 saturated carbocycles. The molecule has 2 aromatic carbocycles. The van der Waals surface area contributed by atoms with Gasteiger partial charge in [0.1, 0.15) is 17.8 Å². The van der Waals surface area contributed by atoms with Crippen molar-refractivity contribution in [2.75, 3.05) is 0 Å². The van der Waals surface area contributed by atoms with Crippen molar-refractivity contribution < 1.29 is 48.0 Å². The molecule has 1 heterocycles. The predicted octanol–water partition coefficient (Wildman–Crippen LogP) is 4.91. The van der Waals surface area contributed by atoms with E-state index in [1.54, 1.807) is 88.4 Å². The predicted molar refractivity (Wildman–Crippen MR) is 165 cm³/mol. The Kier molecular flexibility index (Phi) is 9.09. The van der Waals surface area contributed by atoms with Crippen LogP contribution in [0.2, 0.25) is 0 Å². The van der Waals surface area contributed by atoms with E-state index in [1.165, 1.54) is 6.92 Å². The molecular weight excluding hydrogens is 592 g/mol. The minimum Gasteiger partial charge on any atom is -0.458 e. The summed E-state index contributed by atoms with van der Waals surface area (Å²) >= 11 is 0. The molecule has 0 radical (unpaired) electrons. The minimum absolute atomic E-state index is 0.198. The third-order valence-corrected chi connectivity index (χ3v) is 10.4. The molecule has 3 fully saturated rings. The zero-order valence-corrected chi connectivity index (χ0v) is 27.4. The van der Waals surface area contributed by atoms with Crippen molar-refractivity contribution in [3.63, 3.8) is 0 Å². The quantitative estimate of drug-likeness (QED) is 0.315. The molecule has 5 rings (SSSR count). The standard InChI is InChI=1S/C36H44O10/c1-8-20(2)31(39)43-25-19-21(3)36-28(38)26(34(5,6)46-36)27(44-32(40)23-15-11-9-12-16-23)30(35(36,7)29(25)42-22(4)37)45-33(41)24-17-13-10-14-18-24/h9-18,20-21,25-30,38H,8,19H2,1-7H3/t20-,21-,25+,26-,27-,28-,29+,30+,35+,36-/m1/s1. The molecule has 0 amide bonds. The van der Waals surface area contributed by atoms with Gasteiger partial charge in [-0.2, -0.15) is 0 Å². The molecule has 10 nitrogen and oxygen atoms in total. The molecule has 0 aromatic heterocycles. The molecule has 2 bridgehead atoms. The van der Waals surface area contributed by atoms with Gasteiger partial charge in [-0.1, -0.05) is 57.2 Å². The van der Waals surface area contributed by atoms with Crippen LogP contribution < -0.4 is 0 Å². The summed E-state index contributed by atoms with van der Waals surface area (Å²) in [5.74, 6) is -4.28. The first-order valence-electron chi connectivity index (χ1n) is 16.0. The van der Waals surface area contributed by atoms with Gasteiger partial charge in [0.25, 0.3) is 0 Å². The molecule has 1 saturated heterocycles. The molecule has 2 aliphatic carbocycles. The first kappa shape index (κ1) is 33.6. The van der Waals surface area contributed by atoms with Crippen molar-refractivity contribution in [1.82, 2.24) is 0 Å². The molecular formula is C36H44O10. The first-order valence-corrected chi connectivity index (χ1v) is 16.0. The van der Waals surface area contributed by atoms with Gasteiger partial charge in [0.15, 0.2) is 12.2 Å². The minimum atomic E-state index is -1.58. The lowest BCUT2D eigenvalue weighted by atomic mass is 9.47. The van der Waals surface area contributed by atoms with E-state index in [2.05, 4.69) is 0 Å². The summed E-state index contributed by atoms with van der Waals surface area (Å²) in [7, 11) is 0. The molecule has 248 valence electrons. The molecule has 2 aromatic rings. The van der Waals surface area contributed by atoms with Crippen LogP contribution in [-0.4, -0.2) is 70.7 Å². The molecule has 10 heteroatoms. The highest BCUT2D eigenvalue weighted by Gasteiger charge is 2.82. The number of hydrogen-bond donors (Lipinski definition) is 1. The second kappa shape index (κ2) is 12.4. The number of hydrogen-bond acceptors (Lipinski definition) is 10. The topological polar surface area (TPSA) is 135 Å². The number of ether oxygens (including phenoxy) is 5. The Labute approximate surface area is 269 Å². The van der Waals surface area contributed by atoms with Crippen LogP contribution in [0.4, 0.5) is 0 Å². The third kappa shape index (κ3) is 5.39. The zero-order valence-electron chi connectivity index (χ0n) is 27.4. The number of carbonyl (C=O) groups is 4. The van der Waals surface area contributed by atoms with Crippen LogP contribution in [0, 0.1) is 23.2 Å². The summed E-state index contributed by atoms with van der Waals surface area (Å²) in [6.45, 7) is 12.0. The van der Waals surface area contributed by atoms with Crippen molar-refractivity contribution in [1.29, 1.82) is 0 Å². The average molecular weight is 637 g/mol. The molecule has 10 atom stereocenters. The summed E-state index contributed by atoms with van der Waals surface area (Å²) in [6, 6.07) is 16.7. The Bertz CT molecular complexity index is 1460. The van der Waals surface area contributed by atoms with Gasteiger partial charge >= 0.3 is 23.9 Å². The summed E-state index contributed by atoms with van der Waals surface area (Å²) in [5.41, 5.74) is -3.62. The van der Waals surface area contributed by atoms with Crippen molar-refractivity contribution >= 4 is 23.9 Å². The van der Waals surface area contributed by atoms with E-state index in [-0.39, 0.29) is 17.5 Å². The van der Waals surface area contributed by atoms with Crippen LogP contribution in [0.25, 0.3) is 0 Å². The van der Waals surface area contributed by atoms with Gasteiger partial charge in [0, 0.05) is 6.92 Å². The normalized spacial score (nSPS) is 34.8. The Morgan fingerprint density at radius 1 is 0.870 bits per heavy atom. The Morgan fingerprint density at radius 3 is 1.93 bits per heavy atom. The second-order valence-corrected chi connectivity index (χ2v) is 13.6. The zero-order chi connectivity index (χ0) is 33.6. The number of fused-ring (bicyclic) bond motifs is 1. The smallest absolute Gasteiger partial charge is 0.338 e. The summed E-state index contributed by atoms with van der Waals surface area (Å²) in [5, 5.41) is 12.3. The second-order valence-electron chi connectivity index (χ2n) is 13.6. The number of benzene rings is 2. The van der Waals surface area contributed by atoms with Crippen molar-refractivity contribution in [2.45, 2.75) is 103 Å². The molecule has 46 heavy (non-hydrogen) atoms. The Balaban J connectivity index is 1.71. The lowest BCUT2D eigenvalue weighted by Crippen LogP contribution is -2.78.